The van der Waals surface area contributed by atoms with Crippen molar-refractivity contribution in [2.45, 2.75) is 6.92 Å². The molecule has 0 unspecified atom stereocenters. The van der Waals surface area contributed by atoms with Gasteiger partial charge in [-0.25, -0.2) is 14.4 Å². The van der Waals surface area contributed by atoms with Crippen LogP contribution in [0.4, 0.5) is 10.1 Å². The minimum Gasteiger partial charge on any atom is -0.322 e. The third-order valence-corrected chi connectivity index (χ3v) is 4.21. The van der Waals surface area contributed by atoms with Crippen LogP contribution in [-0.2, 0) is 0 Å². The second-order valence-corrected chi connectivity index (χ2v) is 6.45. The summed E-state index contributed by atoms with van der Waals surface area (Å²) in [7, 11) is 0. The van der Waals surface area contributed by atoms with Crippen LogP contribution in [0.5, 0.6) is 0 Å². The van der Waals surface area contributed by atoms with Crippen molar-refractivity contribution in [3.05, 3.63) is 74.7 Å². The standard InChI is InChI=1S/C18H11ClFN3OS/c1-11-22-15(10-25-11)5-2-12-8-16(17(19)21-9-12)18(24)23-14-6-3-13(20)4-7-14/h3-4,6-10H,1H3,(H,23,24). The fraction of sp³-hybridized carbons (Fsp3) is 0.0556. The van der Waals surface area contributed by atoms with Crippen molar-refractivity contribution >= 4 is 34.5 Å². The number of aryl methyl sites for hydroxylation is 1. The summed E-state index contributed by atoms with van der Waals surface area (Å²) >= 11 is 7.52. The van der Waals surface area contributed by atoms with Crippen molar-refractivity contribution in [1.82, 2.24) is 9.97 Å². The van der Waals surface area contributed by atoms with Gasteiger partial charge in [0.05, 0.1) is 10.6 Å². The largest absolute Gasteiger partial charge is 0.322 e. The number of carbonyl (C=O) groups excluding carboxylic acids is 1. The normalized spacial score (nSPS) is 10.0. The first kappa shape index (κ1) is 17.1. The summed E-state index contributed by atoms with van der Waals surface area (Å²) in [6, 6.07) is 6.99. The molecule has 0 aliphatic heterocycles. The zero-order valence-corrected chi connectivity index (χ0v) is 14.6. The Balaban J connectivity index is 1.82. The van der Waals surface area contributed by atoms with Gasteiger partial charge in [-0.3, -0.25) is 4.79 Å². The quantitative estimate of drug-likeness (QED) is 0.540. The number of hydrogen-bond acceptors (Lipinski definition) is 4. The molecular formula is C18H11ClFN3OS. The van der Waals surface area contributed by atoms with Crippen molar-refractivity contribution < 1.29 is 9.18 Å². The molecule has 2 heterocycles. The Morgan fingerprint density at radius 2 is 2.04 bits per heavy atom. The Morgan fingerprint density at radius 1 is 1.28 bits per heavy atom. The molecule has 3 aromatic rings. The van der Waals surface area contributed by atoms with Crippen LogP contribution in [0.15, 0.2) is 41.9 Å². The molecule has 0 fully saturated rings. The molecule has 0 radical (unpaired) electrons. The van der Waals surface area contributed by atoms with Gasteiger partial charge >= 0.3 is 0 Å². The molecule has 2 aromatic heterocycles. The lowest BCUT2D eigenvalue weighted by Crippen LogP contribution is -2.13. The van der Waals surface area contributed by atoms with E-state index in [0.29, 0.717) is 16.9 Å². The average Bonchev–Trinajstić information content (AvgIpc) is 3.01. The van der Waals surface area contributed by atoms with Crippen LogP contribution in [0.25, 0.3) is 0 Å². The molecule has 7 heteroatoms. The molecule has 124 valence electrons. The number of pyridine rings is 1. The van der Waals surface area contributed by atoms with Crippen LogP contribution >= 0.6 is 22.9 Å². The van der Waals surface area contributed by atoms with E-state index in [1.807, 2.05) is 12.3 Å². The van der Waals surface area contributed by atoms with E-state index in [0.717, 1.165) is 5.01 Å². The third-order valence-electron chi connectivity index (χ3n) is 3.14. The van der Waals surface area contributed by atoms with E-state index in [9.17, 15) is 9.18 Å². The molecule has 0 spiro atoms. The summed E-state index contributed by atoms with van der Waals surface area (Å²) in [5, 5.41) is 5.49. The number of benzene rings is 1. The predicted molar refractivity (Wildman–Crippen MR) is 96.4 cm³/mol. The van der Waals surface area contributed by atoms with Crippen LogP contribution in [0.1, 0.15) is 26.6 Å². The first-order valence-electron chi connectivity index (χ1n) is 7.18. The zero-order valence-electron chi connectivity index (χ0n) is 13.0. The highest BCUT2D eigenvalue weighted by molar-refractivity contribution is 7.09. The number of hydrogen-bond donors (Lipinski definition) is 1. The number of rotatable bonds is 2. The van der Waals surface area contributed by atoms with Gasteiger partial charge in [-0.05, 0) is 43.2 Å². The molecular weight excluding hydrogens is 361 g/mol. The van der Waals surface area contributed by atoms with E-state index >= 15 is 0 Å². The average molecular weight is 372 g/mol. The summed E-state index contributed by atoms with van der Waals surface area (Å²) in [4.78, 5) is 20.6. The Kier molecular flexibility index (Phi) is 5.08. The number of nitrogens with one attached hydrogen (secondary N) is 1. The first-order valence-corrected chi connectivity index (χ1v) is 8.43. The van der Waals surface area contributed by atoms with Gasteiger partial charge in [0, 0.05) is 22.8 Å². The molecule has 25 heavy (non-hydrogen) atoms. The molecule has 0 saturated carbocycles. The van der Waals surface area contributed by atoms with Crippen molar-refractivity contribution in [3.8, 4) is 11.8 Å². The summed E-state index contributed by atoms with van der Waals surface area (Å²) in [6.07, 6.45) is 1.49. The van der Waals surface area contributed by atoms with Gasteiger partial charge in [0.15, 0.2) is 0 Å². The monoisotopic (exact) mass is 371 g/mol. The lowest BCUT2D eigenvalue weighted by molar-refractivity contribution is 0.102. The lowest BCUT2D eigenvalue weighted by atomic mass is 10.2. The van der Waals surface area contributed by atoms with Gasteiger partial charge in [-0.15, -0.1) is 11.3 Å². The minimum absolute atomic E-state index is 0.0645. The highest BCUT2D eigenvalue weighted by Crippen LogP contribution is 2.17. The number of carbonyl (C=O) groups is 1. The van der Waals surface area contributed by atoms with E-state index in [-0.39, 0.29) is 16.5 Å². The summed E-state index contributed by atoms with van der Waals surface area (Å²) in [5.41, 5.74) is 1.85. The number of anilines is 1. The fourth-order valence-electron chi connectivity index (χ4n) is 1.96. The van der Waals surface area contributed by atoms with Gasteiger partial charge in [0.2, 0.25) is 0 Å². The first-order chi connectivity index (χ1) is 12.0. The maximum atomic E-state index is 12.9. The smallest absolute Gasteiger partial charge is 0.258 e. The predicted octanol–water partition coefficient (Wildman–Crippen LogP) is 4.29. The van der Waals surface area contributed by atoms with Crippen LogP contribution in [0.2, 0.25) is 5.15 Å². The van der Waals surface area contributed by atoms with Gasteiger partial charge in [0.25, 0.3) is 5.91 Å². The molecule has 0 atom stereocenters. The fourth-order valence-corrected chi connectivity index (χ4v) is 2.70. The summed E-state index contributed by atoms with van der Waals surface area (Å²) in [6.45, 7) is 1.90. The van der Waals surface area contributed by atoms with Crippen molar-refractivity contribution in [2.24, 2.45) is 0 Å². The minimum atomic E-state index is -0.447. The summed E-state index contributed by atoms with van der Waals surface area (Å²) < 4.78 is 12.9. The molecule has 0 aliphatic rings. The molecule has 1 aromatic carbocycles. The van der Waals surface area contributed by atoms with E-state index < -0.39 is 5.91 Å². The SMILES string of the molecule is Cc1nc(C#Cc2cnc(Cl)c(C(=O)Nc3ccc(F)cc3)c2)cs1. The second kappa shape index (κ2) is 7.43. The highest BCUT2D eigenvalue weighted by Gasteiger charge is 2.12. The van der Waals surface area contributed by atoms with Crippen LogP contribution in [-0.4, -0.2) is 15.9 Å². The Labute approximate surface area is 152 Å². The van der Waals surface area contributed by atoms with Gasteiger partial charge in [0.1, 0.15) is 16.7 Å². The van der Waals surface area contributed by atoms with E-state index in [2.05, 4.69) is 27.1 Å². The molecule has 0 bridgehead atoms. The van der Waals surface area contributed by atoms with Crippen LogP contribution in [0.3, 0.4) is 0 Å². The van der Waals surface area contributed by atoms with E-state index in [4.69, 9.17) is 11.6 Å². The number of thiazole rings is 1. The Bertz CT molecular complexity index is 990. The molecule has 3 rings (SSSR count). The topological polar surface area (TPSA) is 54.9 Å². The number of amides is 1. The molecule has 1 N–H and O–H groups in total. The van der Waals surface area contributed by atoms with Gasteiger partial charge in [-0.2, -0.15) is 0 Å². The second-order valence-electron chi connectivity index (χ2n) is 5.03. The summed E-state index contributed by atoms with van der Waals surface area (Å²) in [5.74, 6) is 5.00. The number of nitrogens with zero attached hydrogens (tertiary/aromatic N) is 2. The highest BCUT2D eigenvalue weighted by atomic mass is 35.5. The Morgan fingerprint density at radius 3 is 2.72 bits per heavy atom. The van der Waals surface area contributed by atoms with E-state index in [1.54, 1.807) is 6.07 Å². The number of halogens is 2. The molecule has 4 nitrogen and oxygen atoms in total. The zero-order chi connectivity index (χ0) is 17.8. The van der Waals surface area contributed by atoms with Crippen molar-refractivity contribution in [3.63, 3.8) is 0 Å². The van der Waals surface area contributed by atoms with Crippen LogP contribution in [0, 0.1) is 24.6 Å². The van der Waals surface area contributed by atoms with Crippen LogP contribution < -0.4 is 5.32 Å². The lowest BCUT2D eigenvalue weighted by Gasteiger charge is -2.06. The van der Waals surface area contributed by atoms with E-state index in [1.165, 1.54) is 41.8 Å². The van der Waals surface area contributed by atoms with Gasteiger partial charge in [-0.1, -0.05) is 17.5 Å². The number of aromatic nitrogens is 2. The Hall–Kier alpha value is -2.75. The van der Waals surface area contributed by atoms with Crippen molar-refractivity contribution in [2.75, 3.05) is 5.32 Å². The van der Waals surface area contributed by atoms with Crippen molar-refractivity contribution in [1.29, 1.82) is 0 Å². The maximum Gasteiger partial charge on any atom is 0.258 e. The molecule has 0 aliphatic carbocycles. The maximum absolute atomic E-state index is 12.9. The third kappa shape index (κ3) is 4.41. The molecule has 0 saturated heterocycles. The van der Waals surface area contributed by atoms with Gasteiger partial charge < -0.3 is 5.32 Å². The molecule has 1 amide bonds.